The van der Waals surface area contributed by atoms with Gasteiger partial charge in [-0.05, 0) is 43.5 Å². The summed E-state index contributed by atoms with van der Waals surface area (Å²) in [5.41, 5.74) is 2.99. The smallest absolute Gasteiger partial charge is 0.215 e. The molecule has 1 aliphatic heterocycles. The van der Waals surface area contributed by atoms with Gasteiger partial charge in [0.25, 0.3) is 0 Å². The van der Waals surface area contributed by atoms with E-state index in [4.69, 9.17) is 4.74 Å². The molecule has 23 heavy (non-hydrogen) atoms. The molecule has 4 heterocycles. The van der Waals surface area contributed by atoms with E-state index in [1.54, 1.807) is 7.11 Å². The van der Waals surface area contributed by atoms with Crippen molar-refractivity contribution in [3.63, 3.8) is 0 Å². The number of pyridine rings is 1. The van der Waals surface area contributed by atoms with Gasteiger partial charge in [-0.3, -0.25) is 10.00 Å². The van der Waals surface area contributed by atoms with Crippen molar-refractivity contribution in [1.82, 2.24) is 30.0 Å². The molecule has 0 spiro atoms. The Morgan fingerprint density at radius 2 is 2.13 bits per heavy atom. The Morgan fingerprint density at radius 1 is 1.26 bits per heavy atom. The van der Waals surface area contributed by atoms with Crippen molar-refractivity contribution < 1.29 is 4.74 Å². The van der Waals surface area contributed by atoms with Crippen LogP contribution in [0.25, 0.3) is 11.2 Å². The monoisotopic (exact) mass is 312 g/mol. The number of hydrogen-bond acceptors (Lipinski definition) is 5. The highest BCUT2D eigenvalue weighted by Gasteiger charge is 2.22. The molecule has 7 heteroatoms. The summed E-state index contributed by atoms with van der Waals surface area (Å²) in [7, 11) is 1.62. The summed E-state index contributed by atoms with van der Waals surface area (Å²) in [6, 6.07) is 3.81. The zero-order valence-electron chi connectivity index (χ0n) is 13.1. The molecule has 120 valence electrons. The van der Waals surface area contributed by atoms with E-state index in [-0.39, 0.29) is 0 Å². The molecule has 0 aromatic carbocycles. The number of imidazole rings is 1. The van der Waals surface area contributed by atoms with E-state index in [1.165, 1.54) is 5.56 Å². The first-order valence-corrected chi connectivity index (χ1v) is 7.92. The van der Waals surface area contributed by atoms with Crippen LogP contribution in [0, 0.1) is 0 Å². The minimum Gasteiger partial charge on any atom is -0.481 e. The minimum atomic E-state index is 0.594. The molecule has 0 unspecified atom stereocenters. The summed E-state index contributed by atoms with van der Waals surface area (Å²) in [6.45, 7) is 2.98. The Kier molecular flexibility index (Phi) is 3.70. The number of piperidine rings is 1. The lowest BCUT2D eigenvalue weighted by Gasteiger charge is -2.30. The number of nitrogens with zero attached hydrogens (tertiary/aromatic N) is 4. The van der Waals surface area contributed by atoms with Gasteiger partial charge < -0.3 is 9.72 Å². The van der Waals surface area contributed by atoms with Gasteiger partial charge >= 0.3 is 0 Å². The van der Waals surface area contributed by atoms with Crippen molar-refractivity contribution in [2.24, 2.45) is 0 Å². The average Bonchev–Trinajstić information content (AvgIpc) is 3.24. The van der Waals surface area contributed by atoms with Crippen LogP contribution >= 0.6 is 0 Å². The average molecular weight is 312 g/mol. The molecule has 0 radical (unpaired) electrons. The molecule has 0 bridgehead atoms. The van der Waals surface area contributed by atoms with Crippen molar-refractivity contribution in [2.75, 3.05) is 20.2 Å². The number of rotatable bonds is 4. The maximum Gasteiger partial charge on any atom is 0.215 e. The van der Waals surface area contributed by atoms with E-state index in [2.05, 4.69) is 30.0 Å². The number of likely N-dealkylation sites (tertiary alicyclic amines) is 1. The van der Waals surface area contributed by atoms with Gasteiger partial charge in [0, 0.05) is 12.3 Å². The van der Waals surface area contributed by atoms with Gasteiger partial charge in [0.05, 0.1) is 25.4 Å². The zero-order chi connectivity index (χ0) is 15.6. The molecule has 1 saturated heterocycles. The van der Waals surface area contributed by atoms with Gasteiger partial charge in [-0.1, -0.05) is 0 Å². The van der Waals surface area contributed by atoms with Crippen molar-refractivity contribution in [3.8, 4) is 5.88 Å². The highest BCUT2D eigenvalue weighted by Crippen LogP contribution is 2.27. The van der Waals surface area contributed by atoms with Crippen LogP contribution in [-0.4, -0.2) is 50.2 Å². The lowest BCUT2D eigenvalue weighted by Crippen LogP contribution is -2.32. The van der Waals surface area contributed by atoms with Crippen molar-refractivity contribution >= 4 is 11.2 Å². The zero-order valence-corrected chi connectivity index (χ0v) is 13.1. The number of methoxy groups -OCH3 is 1. The van der Waals surface area contributed by atoms with Crippen LogP contribution in [0.5, 0.6) is 5.88 Å². The Balaban J connectivity index is 1.41. The standard InChI is InChI=1S/C16H20N6O/c1-23-15-3-2-13-16(21-15)20-14(19-13)10-22-6-4-11(5-7-22)12-8-17-18-9-12/h2-3,8-9,11H,4-7,10H2,1H3,(H,17,18)(H,19,20,21). The highest BCUT2D eigenvalue weighted by atomic mass is 16.5. The molecular formula is C16H20N6O. The first-order valence-electron chi connectivity index (χ1n) is 7.92. The van der Waals surface area contributed by atoms with Gasteiger partial charge in [0.15, 0.2) is 5.65 Å². The van der Waals surface area contributed by atoms with Crippen LogP contribution in [0.1, 0.15) is 30.1 Å². The Bertz CT molecular complexity index is 773. The topological polar surface area (TPSA) is 82.7 Å². The van der Waals surface area contributed by atoms with Crippen LogP contribution < -0.4 is 4.74 Å². The lowest BCUT2D eigenvalue weighted by molar-refractivity contribution is 0.201. The van der Waals surface area contributed by atoms with Crippen LogP contribution in [0.4, 0.5) is 0 Å². The van der Waals surface area contributed by atoms with E-state index in [0.717, 1.165) is 43.8 Å². The van der Waals surface area contributed by atoms with E-state index in [0.29, 0.717) is 17.4 Å². The second kappa shape index (κ2) is 6.00. The fraction of sp³-hybridized carbons (Fsp3) is 0.438. The molecule has 3 aromatic rings. The van der Waals surface area contributed by atoms with Gasteiger partial charge in [-0.15, -0.1) is 0 Å². The largest absolute Gasteiger partial charge is 0.481 e. The van der Waals surface area contributed by atoms with E-state index >= 15 is 0 Å². The van der Waals surface area contributed by atoms with E-state index in [9.17, 15) is 0 Å². The van der Waals surface area contributed by atoms with Gasteiger partial charge in [0.1, 0.15) is 5.82 Å². The van der Waals surface area contributed by atoms with Crippen molar-refractivity contribution in [1.29, 1.82) is 0 Å². The SMILES string of the molecule is COc1ccc2[nH]c(CN3CCC(c4cn[nH]c4)CC3)nc2n1. The molecule has 0 amide bonds. The molecule has 2 N–H and O–H groups in total. The Hall–Kier alpha value is -2.41. The molecule has 0 atom stereocenters. The highest BCUT2D eigenvalue weighted by molar-refractivity contribution is 5.71. The first-order chi connectivity index (χ1) is 11.3. The molecule has 0 saturated carbocycles. The second-order valence-electron chi connectivity index (χ2n) is 5.99. The lowest BCUT2D eigenvalue weighted by atomic mass is 9.92. The normalized spacial score (nSPS) is 16.9. The quantitative estimate of drug-likeness (QED) is 0.770. The number of hydrogen-bond donors (Lipinski definition) is 2. The van der Waals surface area contributed by atoms with Gasteiger partial charge in [-0.2, -0.15) is 10.1 Å². The molecule has 3 aromatic heterocycles. The van der Waals surface area contributed by atoms with Crippen molar-refractivity contribution in [2.45, 2.75) is 25.3 Å². The summed E-state index contributed by atoms with van der Waals surface area (Å²) < 4.78 is 5.15. The van der Waals surface area contributed by atoms with E-state index in [1.807, 2.05) is 24.5 Å². The molecule has 0 aliphatic carbocycles. The van der Waals surface area contributed by atoms with E-state index < -0.39 is 0 Å². The van der Waals surface area contributed by atoms with Crippen LogP contribution in [0.15, 0.2) is 24.5 Å². The predicted octanol–water partition coefficient (Wildman–Crippen LogP) is 2.07. The Labute approximate surface area is 134 Å². The third-order valence-corrected chi connectivity index (χ3v) is 4.53. The molecule has 1 aliphatic rings. The molecule has 7 nitrogen and oxygen atoms in total. The van der Waals surface area contributed by atoms with Crippen LogP contribution in [0.2, 0.25) is 0 Å². The van der Waals surface area contributed by atoms with Gasteiger partial charge in [0.2, 0.25) is 5.88 Å². The summed E-state index contributed by atoms with van der Waals surface area (Å²) in [5, 5.41) is 6.96. The van der Waals surface area contributed by atoms with Crippen LogP contribution in [0.3, 0.4) is 0 Å². The number of aromatic nitrogens is 5. The third-order valence-electron chi connectivity index (χ3n) is 4.53. The molecular weight excluding hydrogens is 292 g/mol. The minimum absolute atomic E-state index is 0.594. The maximum atomic E-state index is 5.15. The number of fused-ring (bicyclic) bond motifs is 1. The fourth-order valence-corrected chi connectivity index (χ4v) is 3.23. The summed E-state index contributed by atoms with van der Waals surface area (Å²) in [4.78, 5) is 14.7. The molecule has 4 rings (SSSR count). The maximum absolute atomic E-state index is 5.15. The third kappa shape index (κ3) is 2.92. The predicted molar refractivity (Wildman–Crippen MR) is 86.3 cm³/mol. The summed E-state index contributed by atoms with van der Waals surface area (Å²) in [5.74, 6) is 2.17. The first kappa shape index (κ1) is 14.2. The summed E-state index contributed by atoms with van der Waals surface area (Å²) in [6.07, 6.45) is 6.27. The van der Waals surface area contributed by atoms with Gasteiger partial charge in [-0.25, -0.2) is 4.98 Å². The number of H-pyrrole nitrogens is 2. The number of nitrogens with one attached hydrogen (secondary N) is 2. The van der Waals surface area contributed by atoms with Crippen LogP contribution in [-0.2, 0) is 6.54 Å². The Morgan fingerprint density at radius 3 is 2.87 bits per heavy atom. The molecule has 1 fully saturated rings. The number of aromatic amines is 2. The fourth-order valence-electron chi connectivity index (χ4n) is 3.23. The summed E-state index contributed by atoms with van der Waals surface area (Å²) >= 11 is 0. The van der Waals surface area contributed by atoms with Crippen molar-refractivity contribution in [3.05, 3.63) is 35.9 Å². The second-order valence-corrected chi connectivity index (χ2v) is 5.99. The number of ether oxygens (including phenoxy) is 1.